The maximum Gasteiger partial charge on any atom is 0.152 e. The quantitative estimate of drug-likeness (QED) is 0.593. The van der Waals surface area contributed by atoms with Gasteiger partial charge < -0.3 is 9.73 Å². The Balaban J connectivity index is 2.04. The van der Waals surface area contributed by atoms with E-state index in [-0.39, 0.29) is 0 Å². The predicted octanol–water partition coefficient (Wildman–Crippen LogP) is 2.64. The summed E-state index contributed by atoms with van der Waals surface area (Å²) in [4.78, 5) is 0. The van der Waals surface area contributed by atoms with Crippen LogP contribution in [0.5, 0.6) is 0 Å². The Kier molecular flexibility index (Phi) is 3.77. The van der Waals surface area contributed by atoms with Gasteiger partial charge in [-0.05, 0) is 32.0 Å². The van der Waals surface area contributed by atoms with Gasteiger partial charge in [-0.25, -0.2) is 0 Å². The Morgan fingerprint density at radius 3 is 3.12 bits per heavy atom. The first kappa shape index (κ1) is 11.7. The molecule has 2 rings (SSSR count). The molecule has 0 unspecified atom stereocenters. The van der Waals surface area contributed by atoms with Crippen LogP contribution in [0, 0.1) is 6.92 Å². The Bertz CT molecular complexity index is 484. The molecule has 2 aromatic heterocycles. The Morgan fingerprint density at radius 1 is 1.53 bits per heavy atom. The van der Waals surface area contributed by atoms with Crippen LogP contribution in [0.15, 0.2) is 35.4 Å². The molecule has 0 saturated carbocycles. The second-order valence-corrected chi connectivity index (χ2v) is 3.93. The van der Waals surface area contributed by atoms with Crippen molar-refractivity contribution >= 4 is 0 Å². The van der Waals surface area contributed by atoms with E-state index >= 15 is 0 Å². The Labute approximate surface area is 101 Å². The van der Waals surface area contributed by atoms with Gasteiger partial charge in [-0.2, -0.15) is 5.10 Å². The molecule has 0 aromatic carbocycles. The fourth-order valence-electron chi connectivity index (χ4n) is 1.65. The molecule has 0 fully saturated rings. The maximum absolute atomic E-state index is 5.58. The van der Waals surface area contributed by atoms with Gasteiger partial charge in [0.2, 0.25) is 0 Å². The third-order valence-electron chi connectivity index (χ3n) is 2.55. The number of hydrogen-bond donors (Lipinski definition) is 2. The number of furan rings is 1. The fraction of sp³-hybridized carbons (Fsp3) is 0.308. The van der Waals surface area contributed by atoms with Crippen LogP contribution in [0.4, 0.5) is 0 Å². The average Bonchev–Trinajstić information content (AvgIpc) is 2.93. The number of H-pyrrole nitrogens is 1. The average molecular weight is 231 g/mol. The zero-order valence-corrected chi connectivity index (χ0v) is 9.99. The minimum absolute atomic E-state index is 0.777. The van der Waals surface area contributed by atoms with E-state index in [1.54, 1.807) is 0 Å². The van der Waals surface area contributed by atoms with Crippen molar-refractivity contribution in [3.05, 3.63) is 42.3 Å². The number of nitrogens with one attached hydrogen (secondary N) is 2. The number of hydrogen-bond acceptors (Lipinski definition) is 3. The van der Waals surface area contributed by atoms with Gasteiger partial charge in [0.25, 0.3) is 0 Å². The van der Waals surface area contributed by atoms with Crippen LogP contribution in [-0.2, 0) is 6.54 Å². The van der Waals surface area contributed by atoms with Crippen molar-refractivity contribution in [2.24, 2.45) is 0 Å². The van der Waals surface area contributed by atoms with Crippen LogP contribution >= 0.6 is 0 Å². The van der Waals surface area contributed by atoms with E-state index in [1.165, 1.54) is 0 Å². The molecule has 90 valence electrons. The molecule has 2 aromatic rings. The highest BCUT2D eigenvalue weighted by Gasteiger charge is 2.10. The summed E-state index contributed by atoms with van der Waals surface area (Å²) in [7, 11) is 0. The second kappa shape index (κ2) is 5.50. The van der Waals surface area contributed by atoms with Gasteiger partial charge in [-0.1, -0.05) is 6.08 Å². The predicted molar refractivity (Wildman–Crippen MR) is 67.5 cm³/mol. The monoisotopic (exact) mass is 231 g/mol. The topological polar surface area (TPSA) is 53.9 Å². The highest BCUT2D eigenvalue weighted by atomic mass is 16.3. The van der Waals surface area contributed by atoms with E-state index < -0.39 is 0 Å². The summed E-state index contributed by atoms with van der Waals surface area (Å²) < 4.78 is 5.58. The summed E-state index contributed by atoms with van der Waals surface area (Å²) in [5, 5.41) is 10.4. The number of nitrogens with zero attached hydrogens (tertiary/aromatic N) is 1. The first-order valence-electron chi connectivity index (χ1n) is 5.72. The van der Waals surface area contributed by atoms with E-state index in [9.17, 15) is 0 Å². The van der Waals surface area contributed by atoms with Crippen molar-refractivity contribution in [1.82, 2.24) is 15.5 Å². The summed E-state index contributed by atoms with van der Waals surface area (Å²) in [6.45, 7) is 7.32. The smallest absolute Gasteiger partial charge is 0.152 e. The number of rotatable bonds is 6. The zero-order valence-electron chi connectivity index (χ0n) is 9.99. The molecule has 0 aliphatic heterocycles. The van der Waals surface area contributed by atoms with Gasteiger partial charge in [0.05, 0.1) is 6.20 Å². The Morgan fingerprint density at radius 2 is 2.41 bits per heavy atom. The molecule has 0 bridgehead atoms. The lowest BCUT2D eigenvalue weighted by atomic mass is 10.2. The number of aryl methyl sites for hydroxylation is 1. The summed E-state index contributed by atoms with van der Waals surface area (Å²) in [6, 6.07) is 3.90. The molecule has 0 radical (unpaired) electrons. The Hall–Kier alpha value is -1.81. The molecule has 0 spiro atoms. The minimum atomic E-state index is 0.777. The van der Waals surface area contributed by atoms with Crippen molar-refractivity contribution in [2.45, 2.75) is 19.9 Å². The highest BCUT2D eigenvalue weighted by Crippen LogP contribution is 2.23. The lowest BCUT2D eigenvalue weighted by Crippen LogP contribution is -2.14. The van der Waals surface area contributed by atoms with E-state index in [1.807, 2.05) is 31.3 Å². The first-order chi connectivity index (χ1) is 8.31. The van der Waals surface area contributed by atoms with E-state index in [4.69, 9.17) is 4.42 Å². The van der Waals surface area contributed by atoms with E-state index in [0.29, 0.717) is 0 Å². The van der Waals surface area contributed by atoms with E-state index in [2.05, 4.69) is 22.1 Å². The van der Waals surface area contributed by atoms with E-state index in [0.717, 1.165) is 42.3 Å². The molecule has 0 atom stereocenters. The molecule has 4 heteroatoms. The molecular formula is C13H17N3O. The van der Waals surface area contributed by atoms with Crippen LogP contribution in [0.2, 0.25) is 0 Å². The summed E-state index contributed by atoms with van der Waals surface area (Å²) in [6.07, 6.45) is 4.69. The van der Waals surface area contributed by atoms with Crippen LogP contribution in [0.25, 0.3) is 11.5 Å². The summed E-state index contributed by atoms with van der Waals surface area (Å²) in [5.74, 6) is 1.74. The van der Waals surface area contributed by atoms with Crippen LogP contribution < -0.4 is 5.32 Å². The third kappa shape index (κ3) is 2.85. The van der Waals surface area contributed by atoms with Crippen molar-refractivity contribution in [2.75, 3.05) is 6.54 Å². The second-order valence-electron chi connectivity index (χ2n) is 3.93. The van der Waals surface area contributed by atoms with Crippen molar-refractivity contribution in [1.29, 1.82) is 0 Å². The molecule has 0 aliphatic rings. The van der Waals surface area contributed by atoms with Crippen molar-refractivity contribution in [3.8, 4) is 11.5 Å². The maximum atomic E-state index is 5.58. The minimum Gasteiger partial charge on any atom is -0.460 e. The van der Waals surface area contributed by atoms with Crippen LogP contribution in [0.3, 0.4) is 0 Å². The van der Waals surface area contributed by atoms with Gasteiger partial charge in [0.1, 0.15) is 11.5 Å². The third-order valence-corrected chi connectivity index (χ3v) is 2.55. The summed E-state index contributed by atoms with van der Waals surface area (Å²) >= 11 is 0. The van der Waals surface area contributed by atoms with Gasteiger partial charge in [0, 0.05) is 12.1 Å². The molecule has 17 heavy (non-hydrogen) atoms. The van der Waals surface area contributed by atoms with Gasteiger partial charge in [0.15, 0.2) is 5.76 Å². The number of aromatic nitrogens is 2. The van der Waals surface area contributed by atoms with Crippen LogP contribution in [0.1, 0.15) is 17.7 Å². The zero-order chi connectivity index (χ0) is 12.1. The molecule has 2 N–H and O–H groups in total. The molecule has 2 heterocycles. The van der Waals surface area contributed by atoms with Gasteiger partial charge in [-0.3, -0.25) is 5.10 Å². The summed E-state index contributed by atoms with van der Waals surface area (Å²) in [5.41, 5.74) is 2.06. The van der Waals surface area contributed by atoms with Gasteiger partial charge >= 0.3 is 0 Å². The molecule has 0 saturated heterocycles. The van der Waals surface area contributed by atoms with Crippen molar-refractivity contribution < 1.29 is 4.42 Å². The number of aromatic amines is 1. The molecule has 4 nitrogen and oxygen atoms in total. The lowest BCUT2D eigenvalue weighted by molar-refractivity contribution is 0.545. The fourth-order valence-corrected chi connectivity index (χ4v) is 1.65. The SMILES string of the molecule is C=CCCNCc1cn[nH]c1-c1ccc(C)o1. The van der Waals surface area contributed by atoms with Gasteiger partial charge in [-0.15, -0.1) is 6.58 Å². The first-order valence-corrected chi connectivity index (χ1v) is 5.72. The lowest BCUT2D eigenvalue weighted by Gasteiger charge is -2.02. The largest absolute Gasteiger partial charge is 0.460 e. The normalized spacial score (nSPS) is 10.6. The standard InChI is InChI=1S/C13H17N3O/c1-3-4-7-14-8-11-9-15-16-13(11)12-6-5-10(2)17-12/h3,5-6,9,14H,1,4,7-8H2,2H3,(H,15,16). The molecule has 0 aliphatic carbocycles. The molecule has 0 amide bonds. The van der Waals surface area contributed by atoms with Crippen LogP contribution in [-0.4, -0.2) is 16.7 Å². The van der Waals surface area contributed by atoms with Crippen molar-refractivity contribution in [3.63, 3.8) is 0 Å². The highest BCUT2D eigenvalue weighted by molar-refractivity contribution is 5.56. The molecular weight excluding hydrogens is 214 g/mol.